The van der Waals surface area contributed by atoms with E-state index in [0.717, 1.165) is 29.0 Å². The van der Waals surface area contributed by atoms with Gasteiger partial charge in [0.25, 0.3) is 0 Å². The number of nitrogens with zero attached hydrogens (tertiary/aromatic N) is 4. The molecule has 0 saturated heterocycles. The Balaban J connectivity index is 2.27. The van der Waals surface area contributed by atoms with Gasteiger partial charge in [-0.1, -0.05) is 17.8 Å². The van der Waals surface area contributed by atoms with Crippen LogP contribution >= 0.6 is 11.5 Å². The number of hydrogen-bond donors (Lipinski definition) is 1. The van der Waals surface area contributed by atoms with E-state index in [4.69, 9.17) is 5.73 Å². The predicted molar refractivity (Wildman–Crippen MR) is 62.0 cm³/mol. The minimum Gasteiger partial charge on any atom is -0.319 e. The summed E-state index contributed by atoms with van der Waals surface area (Å²) < 4.78 is 3.96. The first-order chi connectivity index (χ1) is 7.83. The van der Waals surface area contributed by atoms with Crippen molar-refractivity contribution in [2.45, 2.75) is 25.8 Å². The summed E-state index contributed by atoms with van der Waals surface area (Å²) in [5.41, 5.74) is 8.03. The molecule has 0 aliphatic heterocycles. The molecule has 16 heavy (non-hydrogen) atoms. The molecule has 0 spiro atoms. The summed E-state index contributed by atoms with van der Waals surface area (Å²) in [5.74, 6) is 0. The fourth-order valence-corrected chi connectivity index (χ4v) is 2.21. The highest BCUT2D eigenvalue weighted by molar-refractivity contribution is 7.05. The molecule has 2 N–H and O–H groups in total. The second-order valence-corrected chi connectivity index (χ2v) is 4.27. The van der Waals surface area contributed by atoms with Crippen molar-refractivity contribution in [3.63, 3.8) is 0 Å². The van der Waals surface area contributed by atoms with Gasteiger partial charge in [-0.05, 0) is 18.0 Å². The second kappa shape index (κ2) is 5.09. The monoisotopic (exact) mass is 235 g/mol. The third-order valence-electron chi connectivity index (χ3n) is 2.29. The van der Waals surface area contributed by atoms with E-state index in [1.54, 1.807) is 12.4 Å². The van der Waals surface area contributed by atoms with Crippen LogP contribution in [-0.2, 0) is 6.42 Å². The standard InChI is InChI=1S/C10H13N5S/c1-2-3-8-10(16-15-14-8)9(11)7-4-12-6-13-5-7/h4-6,9H,2-3,11H2,1H3. The van der Waals surface area contributed by atoms with Crippen LogP contribution in [0, 0.1) is 0 Å². The Hall–Kier alpha value is -1.40. The van der Waals surface area contributed by atoms with Crippen LogP contribution in [0.5, 0.6) is 0 Å². The minimum absolute atomic E-state index is 0.220. The molecule has 5 nitrogen and oxygen atoms in total. The number of aromatic nitrogens is 4. The van der Waals surface area contributed by atoms with Gasteiger partial charge >= 0.3 is 0 Å². The fraction of sp³-hybridized carbons (Fsp3) is 0.400. The SMILES string of the molecule is CCCc1nnsc1C(N)c1cncnc1. The zero-order valence-corrected chi connectivity index (χ0v) is 9.81. The van der Waals surface area contributed by atoms with E-state index in [2.05, 4.69) is 26.5 Å². The summed E-state index contributed by atoms with van der Waals surface area (Å²) in [6.45, 7) is 2.11. The molecular formula is C10H13N5S. The zero-order chi connectivity index (χ0) is 11.4. The highest BCUT2D eigenvalue weighted by atomic mass is 32.1. The molecule has 1 unspecified atom stereocenters. The lowest BCUT2D eigenvalue weighted by Crippen LogP contribution is -2.13. The molecule has 2 heterocycles. The van der Waals surface area contributed by atoms with E-state index in [1.165, 1.54) is 17.9 Å². The van der Waals surface area contributed by atoms with Gasteiger partial charge in [-0.15, -0.1) is 5.10 Å². The van der Waals surface area contributed by atoms with E-state index in [9.17, 15) is 0 Å². The molecule has 84 valence electrons. The average Bonchev–Trinajstić information content (AvgIpc) is 2.78. The molecule has 0 bridgehead atoms. The van der Waals surface area contributed by atoms with Crippen LogP contribution in [0.1, 0.15) is 35.5 Å². The molecule has 2 aromatic rings. The lowest BCUT2D eigenvalue weighted by Gasteiger charge is -2.09. The Kier molecular flexibility index (Phi) is 3.53. The van der Waals surface area contributed by atoms with Crippen molar-refractivity contribution in [1.29, 1.82) is 0 Å². The molecule has 0 saturated carbocycles. The Morgan fingerprint density at radius 2 is 2.12 bits per heavy atom. The molecule has 0 aromatic carbocycles. The number of rotatable bonds is 4. The third-order valence-corrected chi connectivity index (χ3v) is 3.14. The van der Waals surface area contributed by atoms with Gasteiger partial charge in [0.2, 0.25) is 0 Å². The molecule has 0 radical (unpaired) electrons. The first-order valence-electron chi connectivity index (χ1n) is 5.14. The van der Waals surface area contributed by atoms with Gasteiger partial charge in [0, 0.05) is 18.0 Å². The van der Waals surface area contributed by atoms with Gasteiger partial charge in [-0.3, -0.25) is 0 Å². The summed E-state index contributed by atoms with van der Waals surface area (Å²) in [6, 6.07) is -0.220. The van der Waals surface area contributed by atoms with Crippen LogP contribution in [0.3, 0.4) is 0 Å². The first-order valence-corrected chi connectivity index (χ1v) is 5.92. The van der Waals surface area contributed by atoms with Crippen molar-refractivity contribution >= 4 is 11.5 Å². The van der Waals surface area contributed by atoms with Crippen molar-refractivity contribution in [2.75, 3.05) is 0 Å². The van der Waals surface area contributed by atoms with E-state index in [0.29, 0.717) is 0 Å². The summed E-state index contributed by atoms with van der Waals surface area (Å²) in [4.78, 5) is 8.94. The van der Waals surface area contributed by atoms with Gasteiger partial charge in [0.05, 0.1) is 16.6 Å². The predicted octanol–water partition coefficient (Wildman–Crippen LogP) is 1.33. The Bertz CT molecular complexity index is 441. The van der Waals surface area contributed by atoms with E-state index in [-0.39, 0.29) is 6.04 Å². The average molecular weight is 235 g/mol. The lowest BCUT2D eigenvalue weighted by atomic mass is 10.1. The molecule has 6 heteroatoms. The van der Waals surface area contributed by atoms with Gasteiger partial charge < -0.3 is 5.73 Å². The van der Waals surface area contributed by atoms with Crippen LogP contribution in [0.4, 0.5) is 0 Å². The van der Waals surface area contributed by atoms with Crippen LogP contribution < -0.4 is 5.73 Å². The second-order valence-electron chi connectivity index (χ2n) is 3.48. The largest absolute Gasteiger partial charge is 0.319 e. The number of nitrogens with two attached hydrogens (primary N) is 1. The van der Waals surface area contributed by atoms with Crippen LogP contribution in [0.15, 0.2) is 18.7 Å². The molecular weight excluding hydrogens is 222 g/mol. The maximum atomic E-state index is 6.14. The van der Waals surface area contributed by atoms with E-state index < -0.39 is 0 Å². The Morgan fingerprint density at radius 1 is 1.38 bits per heavy atom. The summed E-state index contributed by atoms with van der Waals surface area (Å²) in [6.07, 6.45) is 6.90. The van der Waals surface area contributed by atoms with E-state index >= 15 is 0 Å². The van der Waals surface area contributed by atoms with Gasteiger partial charge in [-0.25, -0.2) is 9.97 Å². The molecule has 0 aliphatic rings. The normalized spacial score (nSPS) is 12.6. The minimum atomic E-state index is -0.220. The van der Waals surface area contributed by atoms with Gasteiger partial charge in [0.15, 0.2) is 0 Å². The lowest BCUT2D eigenvalue weighted by molar-refractivity contribution is 0.806. The summed E-state index contributed by atoms with van der Waals surface area (Å²) in [7, 11) is 0. The molecule has 2 rings (SSSR count). The third kappa shape index (κ3) is 2.23. The molecule has 0 amide bonds. The summed E-state index contributed by atoms with van der Waals surface area (Å²) >= 11 is 1.35. The zero-order valence-electron chi connectivity index (χ0n) is 9.00. The van der Waals surface area contributed by atoms with Gasteiger partial charge in [-0.2, -0.15) is 0 Å². The molecule has 0 fully saturated rings. The van der Waals surface area contributed by atoms with Crippen LogP contribution in [0.2, 0.25) is 0 Å². The maximum Gasteiger partial charge on any atom is 0.115 e. The van der Waals surface area contributed by atoms with Gasteiger partial charge in [0.1, 0.15) is 6.33 Å². The van der Waals surface area contributed by atoms with Crippen LogP contribution in [-0.4, -0.2) is 19.6 Å². The molecule has 1 atom stereocenters. The van der Waals surface area contributed by atoms with Crippen molar-refractivity contribution in [3.8, 4) is 0 Å². The van der Waals surface area contributed by atoms with Crippen molar-refractivity contribution in [2.24, 2.45) is 5.73 Å². The summed E-state index contributed by atoms with van der Waals surface area (Å²) in [5, 5.41) is 4.10. The quantitative estimate of drug-likeness (QED) is 0.865. The van der Waals surface area contributed by atoms with Crippen molar-refractivity contribution in [1.82, 2.24) is 19.6 Å². The fourth-order valence-electron chi connectivity index (χ4n) is 1.48. The first kappa shape index (κ1) is 11.1. The van der Waals surface area contributed by atoms with Crippen LogP contribution in [0.25, 0.3) is 0 Å². The highest BCUT2D eigenvalue weighted by Gasteiger charge is 2.17. The number of hydrogen-bond acceptors (Lipinski definition) is 6. The highest BCUT2D eigenvalue weighted by Crippen LogP contribution is 2.24. The number of aryl methyl sites for hydroxylation is 1. The smallest absolute Gasteiger partial charge is 0.115 e. The van der Waals surface area contributed by atoms with Crippen molar-refractivity contribution < 1.29 is 0 Å². The Morgan fingerprint density at radius 3 is 2.81 bits per heavy atom. The maximum absolute atomic E-state index is 6.14. The Labute approximate surface area is 97.9 Å². The van der Waals surface area contributed by atoms with Crippen molar-refractivity contribution in [3.05, 3.63) is 34.9 Å². The molecule has 0 aliphatic carbocycles. The topological polar surface area (TPSA) is 77.6 Å². The molecule has 2 aromatic heterocycles. The van der Waals surface area contributed by atoms with E-state index in [1.807, 2.05) is 0 Å².